The second-order valence-corrected chi connectivity index (χ2v) is 4.16. The van der Waals surface area contributed by atoms with Crippen LogP contribution in [0.25, 0.3) is 0 Å². The molecule has 17 heavy (non-hydrogen) atoms. The van der Waals surface area contributed by atoms with Gasteiger partial charge in [-0.15, -0.1) is 0 Å². The van der Waals surface area contributed by atoms with Crippen molar-refractivity contribution in [3.05, 3.63) is 35.9 Å². The fourth-order valence-electron chi connectivity index (χ4n) is 1.67. The van der Waals surface area contributed by atoms with E-state index in [0.29, 0.717) is 19.1 Å². The van der Waals surface area contributed by atoms with Crippen LogP contribution < -0.4 is 10.6 Å². The Balaban J connectivity index is 2.22. The summed E-state index contributed by atoms with van der Waals surface area (Å²) in [6.45, 7) is 5.26. The number of rotatable bonds is 7. The first-order valence-corrected chi connectivity index (χ1v) is 6.30. The first-order chi connectivity index (χ1) is 8.26. The highest BCUT2D eigenvalue weighted by atomic mass is 16.1. The van der Waals surface area contributed by atoms with Crippen LogP contribution in [0.4, 0.5) is 0 Å². The Hall–Kier alpha value is -1.35. The molecular formula is C14H22N2O. The van der Waals surface area contributed by atoms with E-state index in [9.17, 15) is 4.79 Å². The Morgan fingerprint density at radius 3 is 2.41 bits per heavy atom. The molecule has 0 fully saturated rings. The van der Waals surface area contributed by atoms with Gasteiger partial charge in [0.25, 0.3) is 0 Å². The molecule has 1 aromatic carbocycles. The number of benzene rings is 1. The van der Waals surface area contributed by atoms with Crippen molar-refractivity contribution in [1.29, 1.82) is 0 Å². The van der Waals surface area contributed by atoms with E-state index >= 15 is 0 Å². The van der Waals surface area contributed by atoms with Crippen molar-refractivity contribution < 1.29 is 4.79 Å². The number of carbonyl (C=O) groups excluding carboxylic acids is 1. The SMILES string of the molecule is CCC(CC)NCC(=O)NCc1ccccc1. The maximum absolute atomic E-state index is 11.6. The molecule has 94 valence electrons. The van der Waals surface area contributed by atoms with Gasteiger partial charge in [-0.05, 0) is 18.4 Å². The smallest absolute Gasteiger partial charge is 0.234 e. The van der Waals surface area contributed by atoms with Crippen molar-refractivity contribution in [2.45, 2.75) is 39.3 Å². The normalized spacial score (nSPS) is 10.5. The summed E-state index contributed by atoms with van der Waals surface area (Å²) in [6.07, 6.45) is 2.12. The van der Waals surface area contributed by atoms with E-state index in [0.717, 1.165) is 18.4 Å². The quantitative estimate of drug-likeness (QED) is 0.758. The minimum absolute atomic E-state index is 0.0563. The van der Waals surface area contributed by atoms with E-state index in [4.69, 9.17) is 0 Å². The lowest BCUT2D eigenvalue weighted by atomic mass is 10.2. The first kappa shape index (κ1) is 13.7. The highest BCUT2D eigenvalue weighted by Gasteiger charge is 2.05. The van der Waals surface area contributed by atoms with Gasteiger partial charge in [0, 0.05) is 12.6 Å². The van der Waals surface area contributed by atoms with E-state index in [1.54, 1.807) is 0 Å². The molecule has 0 aliphatic heterocycles. The number of carbonyl (C=O) groups is 1. The van der Waals surface area contributed by atoms with Crippen LogP contribution >= 0.6 is 0 Å². The zero-order chi connectivity index (χ0) is 12.5. The minimum Gasteiger partial charge on any atom is -0.351 e. The van der Waals surface area contributed by atoms with E-state index in [1.807, 2.05) is 30.3 Å². The zero-order valence-electron chi connectivity index (χ0n) is 10.7. The number of hydrogen-bond acceptors (Lipinski definition) is 2. The second-order valence-electron chi connectivity index (χ2n) is 4.16. The van der Waals surface area contributed by atoms with Crippen molar-refractivity contribution in [3.63, 3.8) is 0 Å². The van der Waals surface area contributed by atoms with Gasteiger partial charge in [0.05, 0.1) is 6.54 Å². The fourth-order valence-corrected chi connectivity index (χ4v) is 1.67. The molecule has 0 saturated carbocycles. The Bertz CT molecular complexity index is 320. The lowest BCUT2D eigenvalue weighted by Gasteiger charge is -2.14. The third-order valence-electron chi connectivity index (χ3n) is 2.87. The first-order valence-electron chi connectivity index (χ1n) is 6.30. The van der Waals surface area contributed by atoms with E-state index in [1.165, 1.54) is 0 Å². The van der Waals surface area contributed by atoms with Crippen molar-refractivity contribution in [2.75, 3.05) is 6.54 Å². The molecule has 0 radical (unpaired) electrons. The molecule has 1 rings (SSSR count). The van der Waals surface area contributed by atoms with Gasteiger partial charge in [-0.2, -0.15) is 0 Å². The van der Waals surface area contributed by atoms with E-state index < -0.39 is 0 Å². The molecule has 2 N–H and O–H groups in total. The topological polar surface area (TPSA) is 41.1 Å². The van der Waals surface area contributed by atoms with Crippen molar-refractivity contribution in [3.8, 4) is 0 Å². The predicted octanol–water partition coefficient (Wildman–Crippen LogP) is 2.08. The van der Waals surface area contributed by atoms with Gasteiger partial charge in [0.1, 0.15) is 0 Å². The van der Waals surface area contributed by atoms with Gasteiger partial charge < -0.3 is 10.6 Å². The van der Waals surface area contributed by atoms with Gasteiger partial charge in [0.15, 0.2) is 0 Å². The summed E-state index contributed by atoms with van der Waals surface area (Å²) in [7, 11) is 0. The second kappa shape index (κ2) is 7.85. The van der Waals surface area contributed by atoms with Crippen molar-refractivity contribution in [1.82, 2.24) is 10.6 Å². The molecule has 1 aromatic rings. The average Bonchev–Trinajstić information content (AvgIpc) is 2.39. The molecule has 3 nitrogen and oxygen atoms in total. The van der Waals surface area contributed by atoms with Gasteiger partial charge in [-0.3, -0.25) is 4.79 Å². The maximum Gasteiger partial charge on any atom is 0.234 e. The van der Waals surface area contributed by atoms with Crippen molar-refractivity contribution in [2.24, 2.45) is 0 Å². The summed E-state index contributed by atoms with van der Waals surface area (Å²) in [4.78, 5) is 11.6. The molecule has 0 heterocycles. The Morgan fingerprint density at radius 1 is 1.18 bits per heavy atom. The minimum atomic E-state index is 0.0563. The molecule has 1 amide bonds. The fraction of sp³-hybridized carbons (Fsp3) is 0.500. The molecule has 0 spiro atoms. The van der Waals surface area contributed by atoms with Crippen LogP contribution in [0.1, 0.15) is 32.3 Å². The van der Waals surface area contributed by atoms with Crippen molar-refractivity contribution >= 4 is 5.91 Å². The molecule has 0 bridgehead atoms. The molecule has 0 atom stereocenters. The Labute approximate surface area is 104 Å². The standard InChI is InChI=1S/C14H22N2O/c1-3-13(4-2)15-11-14(17)16-10-12-8-6-5-7-9-12/h5-9,13,15H,3-4,10-11H2,1-2H3,(H,16,17). The van der Waals surface area contributed by atoms with Crippen LogP contribution in [0.2, 0.25) is 0 Å². The predicted molar refractivity (Wildman–Crippen MR) is 70.7 cm³/mol. The third kappa shape index (κ3) is 5.50. The van der Waals surface area contributed by atoms with Crippen LogP contribution in [-0.2, 0) is 11.3 Å². The third-order valence-corrected chi connectivity index (χ3v) is 2.87. The highest BCUT2D eigenvalue weighted by molar-refractivity contribution is 5.77. The van der Waals surface area contributed by atoms with Gasteiger partial charge >= 0.3 is 0 Å². The van der Waals surface area contributed by atoms with Gasteiger partial charge in [-0.25, -0.2) is 0 Å². The summed E-state index contributed by atoms with van der Waals surface area (Å²) in [5, 5.41) is 6.14. The van der Waals surface area contributed by atoms with Gasteiger partial charge in [0.2, 0.25) is 5.91 Å². The molecule has 3 heteroatoms. The summed E-state index contributed by atoms with van der Waals surface area (Å²) >= 11 is 0. The molecule has 0 unspecified atom stereocenters. The monoisotopic (exact) mass is 234 g/mol. The van der Waals surface area contributed by atoms with E-state index in [-0.39, 0.29) is 5.91 Å². The highest BCUT2D eigenvalue weighted by Crippen LogP contribution is 1.97. The number of hydrogen-bond donors (Lipinski definition) is 2. The molecule has 0 aliphatic carbocycles. The summed E-state index contributed by atoms with van der Waals surface area (Å²) < 4.78 is 0. The molecular weight excluding hydrogens is 212 g/mol. The molecule has 0 saturated heterocycles. The van der Waals surface area contributed by atoms with Crippen LogP contribution in [0.3, 0.4) is 0 Å². The maximum atomic E-state index is 11.6. The van der Waals surface area contributed by atoms with Gasteiger partial charge in [-0.1, -0.05) is 44.2 Å². The average molecular weight is 234 g/mol. The summed E-state index contributed by atoms with van der Waals surface area (Å²) in [5.74, 6) is 0.0563. The van der Waals surface area contributed by atoms with Crippen LogP contribution in [0, 0.1) is 0 Å². The molecule has 0 aromatic heterocycles. The lowest BCUT2D eigenvalue weighted by molar-refractivity contribution is -0.120. The largest absolute Gasteiger partial charge is 0.351 e. The van der Waals surface area contributed by atoms with Crippen LogP contribution in [-0.4, -0.2) is 18.5 Å². The summed E-state index contributed by atoms with van der Waals surface area (Å²) in [6, 6.07) is 10.4. The molecule has 0 aliphatic rings. The van der Waals surface area contributed by atoms with E-state index in [2.05, 4.69) is 24.5 Å². The number of nitrogens with one attached hydrogen (secondary N) is 2. The Morgan fingerprint density at radius 2 is 1.82 bits per heavy atom. The van der Waals surface area contributed by atoms with Crippen LogP contribution in [0.5, 0.6) is 0 Å². The lowest BCUT2D eigenvalue weighted by Crippen LogP contribution is -2.38. The zero-order valence-corrected chi connectivity index (χ0v) is 10.7. The number of amides is 1. The van der Waals surface area contributed by atoms with Crippen LogP contribution in [0.15, 0.2) is 30.3 Å². The Kier molecular flexibility index (Phi) is 6.33. The summed E-state index contributed by atoms with van der Waals surface area (Å²) in [5.41, 5.74) is 1.13.